The van der Waals surface area contributed by atoms with Crippen LogP contribution in [0.25, 0.3) is 0 Å². The number of carboxylic acid groups (broad SMARTS) is 1. The molecule has 1 aromatic rings. The van der Waals surface area contributed by atoms with Crippen molar-refractivity contribution in [2.75, 3.05) is 0 Å². The van der Waals surface area contributed by atoms with Crippen molar-refractivity contribution in [1.82, 2.24) is 9.78 Å². The minimum Gasteiger partial charge on any atom is -0.481 e. The van der Waals surface area contributed by atoms with Crippen LogP contribution in [0.1, 0.15) is 31.9 Å². The van der Waals surface area contributed by atoms with Crippen LogP contribution in [0, 0.1) is 11.8 Å². The molecule has 1 fully saturated rings. The molecule has 1 aliphatic rings. The Morgan fingerprint density at radius 2 is 2.47 bits per heavy atom. The third-order valence-corrected chi connectivity index (χ3v) is 2.78. The van der Waals surface area contributed by atoms with E-state index in [4.69, 9.17) is 5.11 Å². The number of hydrogen-bond donors (Lipinski definition) is 1. The molecule has 0 amide bonds. The van der Waals surface area contributed by atoms with Gasteiger partial charge in [0.25, 0.3) is 0 Å². The number of carbonyl (C=O) groups is 1. The van der Waals surface area contributed by atoms with Gasteiger partial charge in [-0.25, -0.2) is 0 Å². The topological polar surface area (TPSA) is 55.1 Å². The second-order valence-corrected chi connectivity index (χ2v) is 4.62. The van der Waals surface area contributed by atoms with Crippen LogP contribution in [0.15, 0.2) is 12.3 Å². The standard InChI is InChI=1S/C11H16N2O2/c1-7(2)6-13-10(3-4-12-13)8-5-9(8)11(14)15/h3-4,7-9H,5-6H2,1-2H3,(H,14,15)/t8-,9-/m1/s1. The fourth-order valence-corrected chi connectivity index (χ4v) is 1.95. The number of rotatable bonds is 4. The molecule has 82 valence electrons. The lowest BCUT2D eigenvalue weighted by atomic mass is 10.2. The Bertz CT molecular complexity index is 370. The molecule has 15 heavy (non-hydrogen) atoms. The van der Waals surface area contributed by atoms with Crippen molar-refractivity contribution < 1.29 is 9.90 Å². The van der Waals surface area contributed by atoms with Crippen LogP contribution in [-0.2, 0) is 11.3 Å². The van der Waals surface area contributed by atoms with Crippen molar-refractivity contribution in [3.63, 3.8) is 0 Å². The van der Waals surface area contributed by atoms with Crippen LogP contribution in [-0.4, -0.2) is 20.9 Å². The van der Waals surface area contributed by atoms with Gasteiger partial charge >= 0.3 is 5.97 Å². The van der Waals surface area contributed by atoms with Gasteiger partial charge in [0, 0.05) is 24.4 Å². The fourth-order valence-electron chi connectivity index (χ4n) is 1.95. The van der Waals surface area contributed by atoms with E-state index in [0.717, 1.165) is 18.7 Å². The van der Waals surface area contributed by atoms with Gasteiger partial charge in [-0.3, -0.25) is 9.48 Å². The summed E-state index contributed by atoms with van der Waals surface area (Å²) in [6.45, 7) is 5.13. The van der Waals surface area contributed by atoms with E-state index in [-0.39, 0.29) is 11.8 Å². The van der Waals surface area contributed by atoms with E-state index in [2.05, 4.69) is 18.9 Å². The monoisotopic (exact) mass is 208 g/mol. The first-order valence-corrected chi connectivity index (χ1v) is 5.34. The Hall–Kier alpha value is -1.32. The highest BCUT2D eigenvalue weighted by atomic mass is 16.4. The fraction of sp³-hybridized carbons (Fsp3) is 0.636. The van der Waals surface area contributed by atoms with Gasteiger partial charge in [0.15, 0.2) is 0 Å². The smallest absolute Gasteiger partial charge is 0.307 e. The summed E-state index contributed by atoms with van der Waals surface area (Å²) >= 11 is 0. The van der Waals surface area contributed by atoms with Crippen molar-refractivity contribution in [2.45, 2.75) is 32.7 Å². The quantitative estimate of drug-likeness (QED) is 0.819. The SMILES string of the molecule is CC(C)Cn1nccc1[C@@H]1C[C@H]1C(=O)O. The van der Waals surface area contributed by atoms with Crippen molar-refractivity contribution in [1.29, 1.82) is 0 Å². The molecule has 1 saturated carbocycles. The summed E-state index contributed by atoms with van der Waals surface area (Å²) in [6.07, 6.45) is 2.52. The van der Waals surface area contributed by atoms with E-state index in [1.165, 1.54) is 0 Å². The van der Waals surface area contributed by atoms with Crippen molar-refractivity contribution in [3.8, 4) is 0 Å². The lowest BCUT2D eigenvalue weighted by molar-refractivity contribution is -0.138. The van der Waals surface area contributed by atoms with E-state index in [1.54, 1.807) is 6.20 Å². The zero-order chi connectivity index (χ0) is 11.0. The predicted molar refractivity (Wildman–Crippen MR) is 55.5 cm³/mol. The van der Waals surface area contributed by atoms with E-state index < -0.39 is 5.97 Å². The first kappa shape index (κ1) is 10.2. The highest BCUT2D eigenvalue weighted by Crippen LogP contribution is 2.47. The van der Waals surface area contributed by atoms with Crippen LogP contribution in [0.3, 0.4) is 0 Å². The molecule has 1 aromatic heterocycles. The number of carboxylic acids is 1. The average Bonchev–Trinajstić information content (AvgIpc) is 2.81. The van der Waals surface area contributed by atoms with Crippen molar-refractivity contribution in [3.05, 3.63) is 18.0 Å². The summed E-state index contributed by atoms with van der Waals surface area (Å²) in [5.74, 6) is -0.153. The largest absolute Gasteiger partial charge is 0.481 e. The number of aromatic nitrogens is 2. The van der Waals surface area contributed by atoms with Gasteiger partial charge in [0.05, 0.1) is 5.92 Å². The number of aliphatic carboxylic acids is 1. The molecule has 1 N–H and O–H groups in total. The summed E-state index contributed by atoms with van der Waals surface area (Å²) in [6, 6.07) is 1.94. The molecule has 0 spiro atoms. The van der Waals surface area contributed by atoms with Gasteiger partial charge in [-0.05, 0) is 18.4 Å². The van der Waals surface area contributed by atoms with E-state index in [0.29, 0.717) is 5.92 Å². The Kier molecular flexibility index (Phi) is 2.50. The predicted octanol–water partition coefficient (Wildman–Crippen LogP) is 1.73. The van der Waals surface area contributed by atoms with Crippen LogP contribution in [0.5, 0.6) is 0 Å². The summed E-state index contributed by atoms with van der Waals surface area (Å²) in [4.78, 5) is 10.8. The van der Waals surface area contributed by atoms with Crippen molar-refractivity contribution >= 4 is 5.97 Å². The molecular formula is C11H16N2O2. The second-order valence-electron chi connectivity index (χ2n) is 4.62. The average molecular weight is 208 g/mol. The van der Waals surface area contributed by atoms with E-state index >= 15 is 0 Å². The minimum atomic E-state index is -0.683. The molecule has 1 heterocycles. The van der Waals surface area contributed by atoms with Gasteiger partial charge in [0.2, 0.25) is 0 Å². The summed E-state index contributed by atoms with van der Waals surface area (Å²) in [5, 5.41) is 13.1. The molecule has 0 saturated heterocycles. The Balaban J connectivity index is 2.10. The Morgan fingerprint density at radius 1 is 1.73 bits per heavy atom. The van der Waals surface area contributed by atoms with Gasteiger partial charge in [-0.1, -0.05) is 13.8 Å². The normalized spacial score (nSPS) is 24.5. The molecule has 0 bridgehead atoms. The van der Waals surface area contributed by atoms with Gasteiger partial charge < -0.3 is 5.11 Å². The first-order chi connectivity index (χ1) is 7.09. The molecule has 0 aliphatic heterocycles. The molecular weight excluding hydrogens is 192 g/mol. The zero-order valence-corrected chi connectivity index (χ0v) is 9.05. The zero-order valence-electron chi connectivity index (χ0n) is 9.05. The molecule has 2 rings (SSSR count). The molecule has 2 atom stereocenters. The molecule has 0 unspecified atom stereocenters. The Morgan fingerprint density at radius 3 is 3.00 bits per heavy atom. The van der Waals surface area contributed by atoms with Crippen LogP contribution < -0.4 is 0 Å². The minimum absolute atomic E-state index is 0.184. The highest BCUT2D eigenvalue weighted by Gasteiger charge is 2.45. The third-order valence-electron chi connectivity index (χ3n) is 2.78. The maximum atomic E-state index is 10.8. The molecule has 4 nitrogen and oxygen atoms in total. The highest BCUT2D eigenvalue weighted by molar-refractivity contribution is 5.75. The van der Waals surface area contributed by atoms with Gasteiger partial charge in [-0.15, -0.1) is 0 Å². The van der Waals surface area contributed by atoms with E-state index in [1.807, 2.05) is 10.7 Å². The molecule has 4 heteroatoms. The van der Waals surface area contributed by atoms with Crippen LogP contribution >= 0.6 is 0 Å². The van der Waals surface area contributed by atoms with Crippen LogP contribution in [0.2, 0.25) is 0 Å². The van der Waals surface area contributed by atoms with Gasteiger partial charge in [-0.2, -0.15) is 5.10 Å². The summed E-state index contributed by atoms with van der Waals surface area (Å²) in [5.41, 5.74) is 1.08. The maximum Gasteiger partial charge on any atom is 0.307 e. The second kappa shape index (κ2) is 3.68. The molecule has 0 radical (unpaired) electrons. The Labute approximate surface area is 88.9 Å². The molecule has 1 aliphatic carbocycles. The summed E-state index contributed by atoms with van der Waals surface area (Å²) in [7, 11) is 0. The summed E-state index contributed by atoms with van der Waals surface area (Å²) < 4.78 is 1.94. The lowest BCUT2D eigenvalue weighted by Crippen LogP contribution is -2.10. The molecule has 0 aromatic carbocycles. The number of hydrogen-bond acceptors (Lipinski definition) is 2. The first-order valence-electron chi connectivity index (χ1n) is 5.34. The van der Waals surface area contributed by atoms with Crippen LogP contribution in [0.4, 0.5) is 0 Å². The lowest BCUT2D eigenvalue weighted by Gasteiger charge is -2.09. The third kappa shape index (κ3) is 2.03. The van der Waals surface area contributed by atoms with Crippen molar-refractivity contribution in [2.24, 2.45) is 11.8 Å². The van der Waals surface area contributed by atoms with Gasteiger partial charge in [0.1, 0.15) is 0 Å². The number of nitrogens with zero attached hydrogens (tertiary/aromatic N) is 2. The van der Waals surface area contributed by atoms with E-state index in [9.17, 15) is 4.79 Å². The maximum absolute atomic E-state index is 10.8.